The number of hydrogen-bond acceptors (Lipinski definition) is 16. The van der Waals surface area contributed by atoms with Crippen LogP contribution in [0, 0.1) is 11.8 Å². The monoisotopic (exact) mass is 990 g/mol. The number of aromatic nitrogens is 1. The highest BCUT2D eigenvalue weighted by molar-refractivity contribution is 7.66. The van der Waals surface area contributed by atoms with Crippen molar-refractivity contribution >= 4 is 52.2 Å². The smallest absolute Gasteiger partial charge is 0.490 e. The third kappa shape index (κ3) is 13.2. The molecular weight excluding hydrogens is 951 g/mol. The van der Waals surface area contributed by atoms with Crippen LogP contribution in [0.4, 0.5) is 0 Å². The van der Waals surface area contributed by atoms with Crippen LogP contribution in [0.2, 0.25) is 0 Å². The number of ether oxygens (including phenoxy) is 1. The Hall–Kier alpha value is -5.86. The standard InChI is InChI=1S/C40H40N3O21P3/c44-23-8-11-26-30(17-23)61-31-18-24(45)9-12-27(31)34(26)25-10-7-22(16-28(25)40(51)52)38(49)42-13-3-1-2-6-33(46)41-14-4-5-21-15-29(39(50)43-19-21)37-36(48)35(47)32(62-37)20-60-66(56,57)64-67(58,59)63-65(53,54)55/h7-12,15-19,32,35-37,44,47-48H,1-3,6,13-14,20H2,(H,41,46)(H,42,49)(H,43,50)(H,51,52)(H,56,57)(H,58,59)(H2,53,54,55)/p-1/t32-,35-,36-,37+/m1/s1. The van der Waals surface area contributed by atoms with Crippen LogP contribution < -0.4 is 26.7 Å². The zero-order valence-corrected chi connectivity index (χ0v) is 37.0. The quantitative estimate of drug-likeness (QED) is 0.0260. The van der Waals surface area contributed by atoms with Gasteiger partial charge in [-0.2, -0.15) is 8.62 Å². The Morgan fingerprint density at radius 3 is 2.33 bits per heavy atom. The van der Waals surface area contributed by atoms with Gasteiger partial charge < -0.3 is 64.8 Å². The van der Waals surface area contributed by atoms with Crippen molar-refractivity contribution in [3.63, 3.8) is 0 Å². The number of carbonyl (C=O) groups excluding carboxylic acids is 2. The molecule has 2 aliphatic heterocycles. The molecule has 27 heteroatoms. The summed E-state index contributed by atoms with van der Waals surface area (Å²) in [6, 6.07) is 13.5. The number of phosphoric acid groups is 3. The number of H-pyrrole nitrogens is 1. The lowest BCUT2D eigenvalue weighted by Gasteiger charge is -2.19. The lowest BCUT2D eigenvalue weighted by atomic mass is 9.90. The summed E-state index contributed by atoms with van der Waals surface area (Å²) in [5, 5.41) is 49.0. The van der Waals surface area contributed by atoms with Crippen molar-refractivity contribution in [3.8, 4) is 40.0 Å². The number of carboxylic acid groups (broad SMARTS) is 1. The first-order valence-electron chi connectivity index (χ1n) is 19.6. The van der Waals surface area contributed by atoms with Gasteiger partial charge in [-0.25, -0.2) is 18.5 Å². The van der Waals surface area contributed by atoms with Crippen LogP contribution in [0.5, 0.6) is 5.75 Å². The minimum Gasteiger partial charge on any atom is -0.872 e. The molecule has 3 aromatic rings. The van der Waals surface area contributed by atoms with Crippen molar-refractivity contribution in [1.82, 2.24) is 15.6 Å². The number of rotatable bonds is 18. The summed E-state index contributed by atoms with van der Waals surface area (Å²) in [6.07, 6.45) is -4.05. The summed E-state index contributed by atoms with van der Waals surface area (Å²) in [5.74, 6) is 2.99. The SMILES string of the molecule is O=C(CCCCCNC(=O)c1ccc(-c2c3ccc(=O)cc-3oc3cc([O-])ccc23)c(C(=O)O)c1)NCC#Cc1c[nH]c(=O)c([C@@H]2O[C@H](COP(=O)(O)OP(=O)(O)OP(=O)(O)O)[C@@H](O)[C@H]2O)c1. The van der Waals surface area contributed by atoms with Crippen LogP contribution in [0.1, 0.15) is 63.6 Å². The lowest BCUT2D eigenvalue weighted by molar-refractivity contribution is -0.268. The molecule has 1 aromatic heterocycles. The molecule has 1 aliphatic carbocycles. The van der Waals surface area contributed by atoms with Crippen molar-refractivity contribution in [1.29, 1.82) is 0 Å². The van der Waals surface area contributed by atoms with E-state index in [0.717, 1.165) is 0 Å². The second kappa shape index (κ2) is 21.0. The molecule has 0 bridgehead atoms. The Balaban J connectivity index is 0.955. The molecule has 3 aliphatic rings. The van der Waals surface area contributed by atoms with Crippen LogP contribution in [0.3, 0.4) is 0 Å². The van der Waals surface area contributed by atoms with Gasteiger partial charge in [0.2, 0.25) is 5.91 Å². The van der Waals surface area contributed by atoms with Gasteiger partial charge >= 0.3 is 29.4 Å². The van der Waals surface area contributed by atoms with Crippen molar-refractivity contribution in [2.75, 3.05) is 19.7 Å². The Morgan fingerprint density at radius 1 is 0.851 bits per heavy atom. The average Bonchev–Trinajstić information content (AvgIpc) is 3.52. The molecule has 2 amide bonds. The number of hydrogen-bond donors (Lipinski definition) is 10. The van der Waals surface area contributed by atoms with Crippen molar-refractivity contribution in [2.24, 2.45) is 0 Å². The fraction of sp³-hybridized carbons (Fsp3) is 0.275. The average molecular weight is 991 g/mol. The Labute approximate surface area is 376 Å². The van der Waals surface area contributed by atoms with Crippen molar-refractivity contribution in [2.45, 2.75) is 50.1 Å². The van der Waals surface area contributed by atoms with Gasteiger partial charge in [0.25, 0.3) is 11.5 Å². The number of unbranched alkanes of at least 4 members (excludes halogenated alkanes) is 2. The molecule has 6 rings (SSSR count). The number of pyridine rings is 1. The third-order valence-corrected chi connectivity index (χ3v) is 13.6. The molecular formula is C40H39N3O21P3-. The number of carbonyl (C=O) groups is 3. The van der Waals surface area contributed by atoms with Crippen LogP contribution in [0.25, 0.3) is 33.4 Å². The maximum absolute atomic E-state index is 13.0. The topological polar surface area (TPSA) is 391 Å². The fourth-order valence-electron chi connectivity index (χ4n) is 6.89. The molecule has 1 saturated heterocycles. The van der Waals surface area contributed by atoms with E-state index in [1.807, 2.05) is 0 Å². The number of aromatic carboxylic acids is 1. The van der Waals surface area contributed by atoms with E-state index in [1.165, 1.54) is 66.9 Å². The zero-order chi connectivity index (χ0) is 48.8. The summed E-state index contributed by atoms with van der Waals surface area (Å²) >= 11 is 0. The summed E-state index contributed by atoms with van der Waals surface area (Å²) in [5.41, 5.74) is -0.106. The van der Waals surface area contributed by atoms with Gasteiger partial charge in [-0.1, -0.05) is 36.5 Å². The normalized spacial score (nSPS) is 19.0. The van der Waals surface area contributed by atoms with Gasteiger partial charge in [0.15, 0.2) is 5.43 Å². The van der Waals surface area contributed by atoms with Gasteiger partial charge in [-0.05, 0) is 54.8 Å². The third-order valence-electron chi connectivity index (χ3n) is 9.84. The number of nitrogens with one attached hydrogen (secondary N) is 3. The highest BCUT2D eigenvalue weighted by Gasteiger charge is 2.47. The van der Waals surface area contributed by atoms with E-state index >= 15 is 0 Å². The van der Waals surface area contributed by atoms with Crippen LogP contribution in [-0.4, -0.2) is 95.7 Å². The Bertz CT molecular complexity index is 3010. The van der Waals surface area contributed by atoms with Crippen molar-refractivity contribution < 1.29 is 90.4 Å². The second-order valence-corrected chi connectivity index (χ2v) is 19.1. The number of aliphatic hydroxyl groups excluding tert-OH is 2. The molecule has 0 radical (unpaired) electrons. The lowest BCUT2D eigenvalue weighted by Crippen LogP contribution is -2.33. The first-order chi connectivity index (χ1) is 31.5. The molecule has 24 nitrogen and oxygen atoms in total. The number of phosphoric ester groups is 1. The van der Waals surface area contributed by atoms with Gasteiger partial charge in [0.1, 0.15) is 35.8 Å². The molecule has 0 saturated carbocycles. The maximum Gasteiger partial charge on any atom is 0.490 e. The molecule has 10 N–H and O–H groups in total. The van der Waals surface area contributed by atoms with Crippen molar-refractivity contribution in [3.05, 3.63) is 110 Å². The predicted octanol–water partition coefficient (Wildman–Crippen LogP) is 1.99. The zero-order valence-electron chi connectivity index (χ0n) is 34.3. The number of aromatic amines is 1. The highest BCUT2D eigenvalue weighted by Crippen LogP contribution is 2.66. The first-order valence-corrected chi connectivity index (χ1v) is 24.1. The fourth-order valence-corrected chi connectivity index (χ4v) is 9.92. The minimum atomic E-state index is -5.82. The number of amides is 2. The van der Waals surface area contributed by atoms with Gasteiger partial charge in [-0.15, -0.1) is 5.75 Å². The largest absolute Gasteiger partial charge is 0.872 e. The second-order valence-electron chi connectivity index (χ2n) is 14.6. The first kappa shape index (κ1) is 50.6. The molecule has 2 aromatic carbocycles. The number of fused-ring (bicyclic) bond motifs is 2. The minimum absolute atomic E-state index is 0.0724. The van der Waals surface area contributed by atoms with E-state index < -0.39 is 71.9 Å². The van der Waals surface area contributed by atoms with Gasteiger partial charge in [0.05, 0.1) is 18.7 Å². The Kier molecular flexibility index (Phi) is 15.8. The van der Waals surface area contributed by atoms with Crippen LogP contribution in [-0.2, 0) is 36.4 Å². The number of aliphatic hydroxyl groups is 2. The summed E-state index contributed by atoms with van der Waals surface area (Å²) in [6.45, 7) is -0.991. The van der Waals surface area contributed by atoms with Gasteiger partial charge in [0, 0.05) is 58.4 Å². The van der Waals surface area contributed by atoms with Crippen LogP contribution in [0.15, 0.2) is 80.9 Å². The van der Waals surface area contributed by atoms with Gasteiger partial charge in [-0.3, -0.25) is 23.7 Å². The van der Waals surface area contributed by atoms with E-state index in [1.54, 1.807) is 0 Å². The van der Waals surface area contributed by atoms with E-state index in [-0.39, 0.29) is 75.8 Å². The highest BCUT2D eigenvalue weighted by atomic mass is 31.3. The van der Waals surface area contributed by atoms with E-state index in [0.29, 0.717) is 35.8 Å². The van der Waals surface area contributed by atoms with E-state index in [9.17, 15) is 67.9 Å². The van der Waals surface area contributed by atoms with Crippen LogP contribution >= 0.6 is 23.5 Å². The number of benzene rings is 3. The van der Waals surface area contributed by atoms with E-state index in [2.05, 4.69) is 40.6 Å². The molecule has 67 heavy (non-hydrogen) atoms. The van der Waals surface area contributed by atoms with E-state index in [4.69, 9.17) is 18.9 Å². The number of carboxylic acids is 1. The molecule has 2 unspecified atom stereocenters. The molecule has 0 spiro atoms. The summed E-state index contributed by atoms with van der Waals surface area (Å²) in [7, 11) is -17.1. The summed E-state index contributed by atoms with van der Waals surface area (Å²) in [4.78, 5) is 101. The Morgan fingerprint density at radius 2 is 1.60 bits per heavy atom. The molecule has 6 atom stereocenters. The summed E-state index contributed by atoms with van der Waals surface area (Å²) < 4.78 is 57.3. The molecule has 1 fully saturated rings. The molecule has 3 heterocycles. The predicted molar refractivity (Wildman–Crippen MR) is 228 cm³/mol. The molecule has 356 valence electrons. The maximum atomic E-state index is 13.0.